The minimum absolute atomic E-state index is 0.00151. The smallest absolute Gasteiger partial charge is 0.359 e. The number of aromatic amines is 1. The molecule has 0 saturated heterocycles. The van der Waals surface area contributed by atoms with Crippen LogP contribution in [0.1, 0.15) is 23.3 Å². The maximum atomic E-state index is 12.4. The highest BCUT2D eigenvalue weighted by molar-refractivity contribution is 6.01. The number of fused-ring (bicyclic) bond motifs is 1. The Morgan fingerprint density at radius 2 is 1.86 bits per heavy atom. The van der Waals surface area contributed by atoms with E-state index in [0.717, 1.165) is 0 Å². The molecule has 0 aliphatic carbocycles. The van der Waals surface area contributed by atoms with E-state index in [-0.39, 0.29) is 23.8 Å². The Labute approximate surface area is 164 Å². The second-order valence-corrected chi connectivity index (χ2v) is 5.96. The zero-order chi connectivity index (χ0) is 20.2. The lowest BCUT2D eigenvalue weighted by Gasteiger charge is -2.06. The van der Waals surface area contributed by atoms with Gasteiger partial charge >= 0.3 is 5.97 Å². The van der Waals surface area contributed by atoms with E-state index in [1.54, 1.807) is 24.3 Å². The fourth-order valence-electron chi connectivity index (χ4n) is 2.82. The molecule has 2 heterocycles. The highest BCUT2D eigenvalue weighted by atomic mass is 16.6. The first-order valence-corrected chi connectivity index (χ1v) is 8.86. The topological polar surface area (TPSA) is 120 Å². The van der Waals surface area contributed by atoms with Crippen LogP contribution in [0.5, 0.6) is 5.75 Å². The molecule has 1 N–H and O–H groups in total. The Kier molecular flexibility index (Phi) is 5.02. The predicted molar refractivity (Wildman–Crippen MR) is 102 cm³/mol. The van der Waals surface area contributed by atoms with E-state index >= 15 is 0 Å². The summed E-state index contributed by atoms with van der Waals surface area (Å²) in [4.78, 5) is 28.5. The lowest BCUT2D eigenvalue weighted by atomic mass is 10.1. The molecule has 0 aliphatic heterocycles. The molecule has 0 spiro atoms. The number of para-hydroxylation sites is 1. The van der Waals surface area contributed by atoms with Gasteiger partial charge < -0.3 is 14.0 Å². The van der Waals surface area contributed by atoms with Gasteiger partial charge in [-0.3, -0.25) is 4.79 Å². The van der Waals surface area contributed by atoms with Gasteiger partial charge in [-0.2, -0.15) is 10.1 Å². The minimum atomic E-state index is -0.716. The Morgan fingerprint density at radius 1 is 1.10 bits per heavy atom. The summed E-state index contributed by atoms with van der Waals surface area (Å²) in [7, 11) is 0. The van der Waals surface area contributed by atoms with Gasteiger partial charge in [-0.05, 0) is 25.1 Å². The number of benzene rings is 2. The van der Waals surface area contributed by atoms with Gasteiger partial charge in [0.1, 0.15) is 5.75 Å². The third-order valence-corrected chi connectivity index (χ3v) is 4.11. The molecule has 0 amide bonds. The Balaban J connectivity index is 1.52. The summed E-state index contributed by atoms with van der Waals surface area (Å²) in [5.41, 5.74) is 0.289. The number of esters is 1. The molecule has 9 heteroatoms. The van der Waals surface area contributed by atoms with Gasteiger partial charge in [-0.25, -0.2) is 9.89 Å². The molecule has 0 radical (unpaired) electrons. The fraction of sp³-hybridized carbons (Fsp3) is 0.150. The molecular weight excluding hydrogens is 376 g/mol. The average molecular weight is 392 g/mol. The van der Waals surface area contributed by atoms with E-state index < -0.39 is 5.97 Å². The van der Waals surface area contributed by atoms with Crippen molar-refractivity contribution in [3.8, 4) is 17.1 Å². The first-order chi connectivity index (χ1) is 14.2. The van der Waals surface area contributed by atoms with Crippen molar-refractivity contribution < 1.29 is 18.8 Å². The summed E-state index contributed by atoms with van der Waals surface area (Å²) in [5, 5.41) is 10.8. The van der Waals surface area contributed by atoms with Crippen molar-refractivity contribution in [2.24, 2.45) is 0 Å². The molecule has 0 bridgehead atoms. The summed E-state index contributed by atoms with van der Waals surface area (Å²) in [5.74, 6) is 0.358. The van der Waals surface area contributed by atoms with Crippen molar-refractivity contribution >= 4 is 16.7 Å². The summed E-state index contributed by atoms with van der Waals surface area (Å²) in [6.45, 7) is 2.14. The molecule has 29 heavy (non-hydrogen) atoms. The monoisotopic (exact) mass is 392 g/mol. The van der Waals surface area contributed by atoms with Crippen molar-refractivity contribution in [3.05, 3.63) is 70.5 Å². The van der Waals surface area contributed by atoms with E-state index in [1.165, 1.54) is 0 Å². The van der Waals surface area contributed by atoms with Crippen LogP contribution in [0.2, 0.25) is 0 Å². The number of hydrogen-bond acceptors (Lipinski definition) is 8. The fourth-order valence-corrected chi connectivity index (χ4v) is 2.82. The second-order valence-electron chi connectivity index (χ2n) is 5.96. The number of carbonyl (C=O) groups is 1. The van der Waals surface area contributed by atoms with Crippen molar-refractivity contribution in [2.75, 3.05) is 6.61 Å². The molecular formula is C20H16N4O5. The molecule has 4 aromatic rings. The Hall–Kier alpha value is -4.01. The van der Waals surface area contributed by atoms with Gasteiger partial charge in [0.15, 0.2) is 12.3 Å². The quantitative estimate of drug-likeness (QED) is 0.497. The summed E-state index contributed by atoms with van der Waals surface area (Å²) in [6.07, 6.45) is 0. The number of hydrogen-bond donors (Lipinski definition) is 1. The van der Waals surface area contributed by atoms with Gasteiger partial charge in [0.25, 0.3) is 11.4 Å². The number of ether oxygens (including phenoxy) is 2. The molecule has 9 nitrogen and oxygen atoms in total. The third-order valence-electron chi connectivity index (χ3n) is 4.11. The number of H-pyrrole nitrogens is 1. The van der Waals surface area contributed by atoms with E-state index in [4.69, 9.17) is 14.0 Å². The first-order valence-electron chi connectivity index (χ1n) is 8.86. The van der Waals surface area contributed by atoms with Gasteiger partial charge in [0.2, 0.25) is 5.82 Å². The molecule has 0 atom stereocenters. The average Bonchev–Trinajstić information content (AvgIpc) is 3.22. The van der Waals surface area contributed by atoms with Gasteiger partial charge in [0.05, 0.1) is 17.6 Å². The Bertz CT molecular complexity index is 1230. The maximum Gasteiger partial charge on any atom is 0.359 e. The van der Waals surface area contributed by atoms with Crippen LogP contribution in [-0.2, 0) is 11.3 Å². The highest BCUT2D eigenvalue weighted by Gasteiger charge is 2.18. The van der Waals surface area contributed by atoms with E-state index in [0.29, 0.717) is 34.5 Å². The van der Waals surface area contributed by atoms with Crippen LogP contribution in [-0.4, -0.2) is 32.9 Å². The number of nitrogens with one attached hydrogen (secondary N) is 1. The standard InChI is InChI=1S/C20H16N4O5/c1-2-27-15-10-6-5-9-14(15)18-21-16(29-24-18)11-28-20(26)17-12-7-3-4-8-13(12)19(25)23-22-17/h3-10H,2,11H2,1H3,(H,23,25). The molecule has 2 aromatic carbocycles. The van der Waals surface area contributed by atoms with E-state index in [1.807, 2.05) is 31.2 Å². The largest absolute Gasteiger partial charge is 0.493 e. The third kappa shape index (κ3) is 3.70. The summed E-state index contributed by atoms with van der Waals surface area (Å²) in [6, 6.07) is 13.9. The lowest BCUT2D eigenvalue weighted by Crippen LogP contribution is -2.16. The summed E-state index contributed by atoms with van der Waals surface area (Å²) < 4.78 is 16.0. The van der Waals surface area contributed by atoms with Crippen molar-refractivity contribution in [3.63, 3.8) is 0 Å². The molecule has 4 rings (SSSR count). The molecule has 2 aromatic heterocycles. The predicted octanol–water partition coefficient (Wildman–Crippen LogP) is 2.73. The van der Waals surface area contributed by atoms with Gasteiger partial charge in [0, 0.05) is 5.39 Å². The SMILES string of the molecule is CCOc1ccccc1-c1noc(COC(=O)c2n[nH]c(=O)c3ccccc23)n1. The van der Waals surface area contributed by atoms with E-state index in [9.17, 15) is 9.59 Å². The molecule has 0 aliphatic rings. The van der Waals surface area contributed by atoms with Crippen LogP contribution < -0.4 is 10.3 Å². The molecule has 0 saturated carbocycles. The van der Waals surface area contributed by atoms with Crippen LogP contribution in [0.3, 0.4) is 0 Å². The number of rotatable bonds is 6. The normalized spacial score (nSPS) is 10.8. The van der Waals surface area contributed by atoms with Crippen LogP contribution >= 0.6 is 0 Å². The number of carbonyl (C=O) groups excluding carboxylic acids is 1. The van der Waals surface area contributed by atoms with Crippen molar-refractivity contribution in [1.82, 2.24) is 20.3 Å². The number of nitrogens with zero attached hydrogens (tertiary/aromatic N) is 3. The van der Waals surface area contributed by atoms with Crippen LogP contribution in [0.25, 0.3) is 22.2 Å². The minimum Gasteiger partial charge on any atom is -0.493 e. The lowest BCUT2D eigenvalue weighted by molar-refractivity contribution is 0.0424. The zero-order valence-electron chi connectivity index (χ0n) is 15.4. The second kappa shape index (κ2) is 7.93. The summed E-state index contributed by atoms with van der Waals surface area (Å²) >= 11 is 0. The maximum absolute atomic E-state index is 12.4. The molecule has 146 valence electrons. The van der Waals surface area contributed by atoms with Crippen LogP contribution in [0, 0.1) is 0 Å². The molecule has 0 unspecified atom stereocenters. The van der Waals surface area contributed by atoms with Crippen molar-refractivity contribution in [1.29, 1.82) is 0 Å². The van der Waals surface area contributed by atoms with Gasteiger partial charge in [-0.1, -0.05) is 35.5 Å². The van der Waals surface area contributed by atoms with Gasteiger partial charge in [-0.15, -0.1) is 0 Å². The molecule has 0 fully saturated rings. The zero-order valence-corrected chi connectivity index (χ0v) is 15.4. The highest BCUT2D eigenvalue weighted by Crippen LogP contribution is 2.27. The Morgan fingerprint density at radius 3 is 2.69 bits per heavy atom. The first kappa shape index (κ1) is 18.4. The van der Waals surface area contributed by atoms with Crippen LogP contribution in [0.15, 0.2) is 57.8 Å². The van der Waals surface area contributed by atoms with Crippen molar-refractivity contribution in [2.45, 2.75) is 13.5 Å². The van der Waals surface area contributed by atoms with E-state index in [2.05, 4.69) is 20.3 Å². The number of aromatic nitrogens is 4. The van der Waals surface area contributed by atoms with Crippen LogP contribution in [0.4, 0.5) is 0 Å².